The lowest BCUT2D eigenvalue weighted by Crippen LogP contribution is -2.29. The van der Waals surface area contributed by atoms with Crippen LogP contribution in [0.1, 0.15) is 49.8 Å². The number of alkyl halides is 1. The summed E-state index contributed by atoms with van der Waals surface area (Å²) in [5.74, 6) is 0.772. The van der Waals surface area contributed by atoms with Crippen molar-refractivity contribution in [2.24, 2.45) is 5.41 Å². The SMILES string of the molecule is CC(C)(CCCCl)CNCc1ccc2c(c1)CCC2. The Morgan fingerprint density at radius 2 is 2.00 bits per heavy atom. The van der Waals surface area contributed by atoms with Gasteiger partial charge in [-0.3, -0.25) is 0 Å². The van der Waals surface area contributed by atoms with E-state index < -0.39 is 0 Å². The summed E-state index contributed by atoms with van der Waals surface area (Å²) in [6, 6.07) is 6.99. The second-order valence-electron chi connectivity index (χ2n) is 6.52. The molecule has 1 aliphatic rings. The van der Waals surface area contributed by atoms with Gasteiger partial charge in [-0.2, -0.15) is 0 Å². The lowest BCUT2D eigenvalue weighted by molar-refractivity contribution is 0.311. The molecule has 2 rings (SSSR count). The molecular weight excluding hydrogens is 254 g/mol. The summed E-state index contributed by atoms with van der Waals surface area (Å²) in [6.45, 7) is 6.67. The number of hydrogen-bond donors (Lipinski definition) is 1. The third-order valence-electron chi connectivity index (χ3n) is 4.08. The molecule has 0 fully saturated rings. The van der Waals surface area contributed by atoms with Crippen LogP contribution >= 0.6 is 11.6 Å². The highest BCUT2D eigenvalue weighted by atomic mass is 35.5. The first-order valence-corrected chi connectivity index (χ1v) is 8.01. The summed E-state index contributed by atoms with van der Waals surface area (Å²) >= 11 is 5.77. The number of rotatable bonds is 7. The van der Waals surface area contributed by atoms with Crippen molar-refractivity contribution in [2.75, 3.05) is 12.4 Å². The molecule has 0 amide bonds. The smallest absolute Gasteiger partial charge is 0.0223 e. The molecule has 0 spiro atoms. The molecule has 0 heterocycles. The van der Waals surface area contributed by atoms with E-state index in [2.05, 4.69) is 37.4 Å². The predicted molar refractivity (Wildman–Crippen MR) is 83.9 cm³/mol. The van der Waals surface area contributed by atoms with Gasteiger partial charge in [-0.15, -0.1) is 11.6 Å². The third kappa shape index (κ3) is 4.50. The van der Waals surface area contributed by atoms with E-state index in [1.807, 2.05) is 0 Å². The Balaban J connectivity index is 1.79. The minimum atomic E-state index is 0.339. The van der Waals surface area contributed by atoms with Crippen LogP contribution in [0.2, 0.25) is 0 Å². The van der Waals surface area contributed by atoms with Crippen molar-refractivity contribution in [1.29, 1.82) is 0 Å². The fourth-order valence-corrected chi connectivity index (χ4v) is 3.05. The summed E-state index contributed by atoms with van der Waals surface area (Å²) < 4.78 is 0. The molecular formula is C17H26ClN. The minimum absolute atomic E-state index is 0.339. The van der Waals surface area contributed by atoms with E-state index in [9.17, 15) is 0 Å². The van der Waals surface area contributed by atoms with Crippen LogP contribution in [0, 0.1) is 5.41 Å². The van der Waals surface area contributed by atoms with Gasteiger partial charge in [-0.05, 0) is 54.2 Å². The topological polar surface area (TPSA) is 12.0 Å². The molecule has 1 aromatic carbocycles. The maximum absolute atomic E-state index is 5.77. The third-order valence-corrected chi connectivity index (χ3v) is 4.35. The van der Waals surface area contributed by atoms with Gasteiger partial charge < -0.3 is 5.32 Å². The zero-order valence-electron chi connectivity index (χ0n) is 12.3. The van der Waals surface area contributed by atoms with Crippen LogP contribution in [0.3, 0.4) is 0 Å². The number of hydrogen-bond acceptors (Lipinski definition) is 1. The van der Waals surface area contributed by atoms with Crippen molar-refractivity contribution < 1.29 is 0 Å². The van der Waals surface area contributed by atoms with Crippen LogP contribution in [0.5, 0.6) is 0 Å². The lowest BCUT2D eigenvalue weighted by atomic mass is 9.88. The van der Waals surface area contributed by atoms with Gasteiger partial charge in [-0.25, -0.2) is 0 Å². The van der Waals surface area contributed by atoms with Crippen molar-refractivity contribution in [2.45, 2.75) is 52.5 Å². The van der Waals surface area contributed by atoms with E-state index >= 15 is 0 Å². The van der Waals surface area contributed by atoms with Crippen molar-refractivity contribution >= 4 is 11.6 Å². The summed E-state index contributed by atoms with van der Waals surface area (Å²) in [6.07, 6.45) is 6.17. The zero-order chi connectivity index (χ0) is 13.7. The highest BCUT2D eigenvalue weighted by molar-refractivity contribution is 6.17. The number of aryl methyl sites for hydroxylation is 2. The highest BCUT2D eigenvalue weighted by Gasteiger charge is 2.16. The Morgan fingerprint density at radius 3 is 2.79 bits per heavy atom. The Labute approximate surface area is 122 Å². The molecule has 0 unspecified atom stereocenters. The van der Waals surface area contributed by atoms with Crippen LogP contribution < -0.4 is 5.32 Å². The summed E-state index contributed by atoms with van der Waals surface area (Å²) in [5.41, 5.74) is 4.90. The van der Waals surface area contributed by atoms with Crippen LogP contribution in [0.25, 0.3) is 0 Å². The minimum Gasteiger partial charge on any atom is -0.312 e. The Kier molecular flexibility index (Phi) is 5.29. The maximum Gasteiger partial charge on any atom is 0.0223 e. The molecule has 1 nitrogen and oxygen atoms in total. The first-order chi connectivity index (χ1) is 9.11. The van der Waals surface area contributed by atoms with Gasteiger partial charge in [0.25, 0.3) is 0 Å². The lowest BCUT2D eigenvalue weighted by Gasteiger charge is -2.24. The van der Waals surface area contributed by atoms with E-state index in [0.717, 1.165) is 25.4 Å². The first kappa shape index (κ1) is 14.9. The van der Waals surface area contributed by atoms with Gasteiger partial charge in [-0.1, -0.05) is 32.0 Å². The van der Waals surface area contributed by atoms with Crippen molar-refractivity contribution in [3.05, 3.63) is 34.9 Å². The fourth-order valence-electron chi connectivity index (χ4n) is 2.91. The van der Waals surface area contributed by atoms with E-state index in [4.69, 9.17) is 11.6 Å². The van der Waals surface area contributed by atoms with Crippen LogP contribution in [0.15, 0.2) is 18.2 Å². The van der Waals surface area contributed by atoms with Crippen LogP contribution in [-0.2, 0) is 19.4 Å². The monoisotopic (exact) mass is 279 g/mol. The van der Waals surface area contributed by atoms with Gasteiger partial charge in [0.05, 0.1) is 0 Å². The number of fused-ring (bicyclic) bond motifs is 1. The highest BCUT2D eigenvalue weighted by Crippen LogP contribution is 2.24. The van der Waals surface area contributed by atoms with Gasteiger partial charge in [0, 0.05) is 19.0 Å². The van der Waals surface area contributed by atoms with Crippen LogP contribution in [0.4, 0.5) is 0 Å². The average molecular weight is 280 g/mol. The van der Waals surface area contributed by atoms with Crippen LogP contribution in [-0.4, -0.2) is 12.4 Å². The Hall–Kier alpha value is -0.530. The molecule has 0 radical (unpaired) electrons. The number of halogens is 1. The summed E-state index contributed by atoms with van der Waals surface area (Å²) in [5, 5.41) is 3.60. The molecule has 0 saturated heterocycles. The molecule has 19 heavy (non-hydrogen) atoms. The quantitative estimate of drug-likeness (QED) is 0.734. The molecule has 106 valence electrons. The Morgan fingerprint density at radius 1 is 1.21 bits per heavy atom. The Bertz CT molecular complexity index is 412. The molecule has 1 N–H and O–H groups in total. The van der Waals surface area contributed by atoms with Crippen molar-refractivity contribution in [3.8, 4) is 0 Å². The van der Waals surface area contributed by atoms with Gasteiger partial charge in [0.1, 0.15) is 0 Å². The molecule has 0 saturated carbocycles. The largest absolute Gasteiger partial charge is 0.312 e. The van der Waals surface area contributed by atoms with E-state index in [1.165, 1.54) is 31.2 Å². The fraction of sp³-hybridized carbons (Fsp3) is 0.647. The molecule has 0 aromatic heterocycles. The predicted octanol–water partition coefficient (Wildman–Crippen LogP) is 4.31. The van der Waals surface area contributed by atoms with Gasteiger partial charge in [0.2, 0.25) is 0 Å². The summed E-state index contributed by atoms with van der Waals surface area (Å²) in [7, 11) is 0. The normalized spacial score (nSPS) is 14.7. The van der Waals surface area contributed by atoms with E-state index in [-0.39, 0.29) is 0 Å². The second-order valence-corrected chi connectivity index (χ2v) is 6.89. The maximum atomic E-state index is 5.77. The van der Waals surface area contributed by atoms with Crippen molar-refractivity contribution in [1.82, 2.24) is 5.32 Å². The molecule has 1 aromatic rings. The molecule has 0 bridgehead atoms. The number of nitrogens with one attached hydrogen (secondary N) is 1. The van der Waals surface area contributed by atoms with Gasteiger partial charge in [0.15, 0.2) is 0 Å². The molecule has 1 aliphatic carbocycles. The average Bonchev–Trinajstić information content (AvgIpc) is 2.83. The van der Waals surface area contributed by atoms with Gasteiger partial charge >= 0.3 is 0 Å². The standard InChI is InChI=1S/C17H26ClN/c1-17(2,9-4-10-18)13-19-12-14-7-8-15-5-3-6-16(15)11-14/h7-8,11,19H,3-6,9-10,12-13H2,1-2H3. The second kappa shape index (κ2) is 6.76. The van der Waals surface area contributed by atoms with E-state index in [1.54, 1.807) is 11.1 Å². The molecule has 0 atom stereocenters. The van der Waals surface area contributed by atoms with Crippen molar-refractivity contribution in [3.63, 3.8) is 0 Å². The molecule has 2 heteroatoms. The van der Waals surface area contributed by atoms with E-state index in [0.29, 0.717) is 5.41 Å². The first-order valence-electron chi connectivity index (χ1n) is 7.48. The zero-order valence-corrected chi connectivity index (χ0v) is 13.0. The number of benzene rings is 1. The summed E-state index contributed by atoms with van der Waals surface area (Å²) in [4.78, 5) is 0. The molecule has 0 aliphatic heterocycles.